The van der Waals surface area contributed by atoms with Crippen LogP contribution in [0.1, 0.15) is 23.3 Å². The molecule has 0 saturated heterocycles. The largest absolute Gasteiger partial charge is 0.481 e. The molecule has 0 aliphatic rings. The third kappa shape index (κ3) is 5.39. The summed E-state index contributed by atoms with van der Waals surface area (Å²) in [5, 5.41) is 29.3. The summed E-state index contributed by atoms with van der Waals surface area (Å²) in [5.74, 6) is -4.53. The maximum atomic E-state index is 12.4. The van der Waals surface area contributed by atoms with Crippen LogP contribution in [0.3, 0.4) is 0 Å². The van der Waals surface area contributed by atoms with E-state index in [2.05, 4.69) is 10.3 Å². The number of nitrogens with zero attached hydrogens (tertiary/aromatic N) is 1. The van der Waals surface area contributed by atoms with Gasteiger partial charge >= 0.3 is 17.9 Å². The Labute approximate surface area is 152 Å². The fraction of sp³-hybridized carbons (Fsp3) is 0.235. The second-order valence-electron chi connectivity index (χ2n) is 5.50. The summed E-state index contributed by atoms with van der Waals surface area (Å²) in [6.45, 7) is -0.634. The minimum absolute atomic E-state index is 0.102. The highest BCUT2D eigenvalue weighted by Crippen LogP contribution is 2.25. The van der Waals surface area contributed by atoms with Crippen molar-refractivity contribution in [3.8, 4) is 5.75 Å². The topological polar surface area (TPSA) is 163 Å². The molecule has 10 heteroatoms. The van der Waals surface area contributed by atoms with E-state index in [1.807, 2.05) is 0 Å². The Kier molecular flexibility index (Phi) is 6.26. The quantitative estimate of drug-likeness (QED) is 0.494. The molecule has 4 N–H and O–H groups in total. The zero-order valence-electron chi connectivity index (χ0n) is 13.9. The van der Waals surface area contributed by atoms with Gasteiger partial charge in [0.15, 0.2) is 6.61 Å². The van der Waals surface area contributed by atoms with Crippen LogP contribution in [0.4, 0.5) is 0 Å². The first-order chi connectivity index (χ1) is 12.8. The predicted molar refractivity (Wildman–Crippen MR) is 90.6 cm³/mol. The third-order valence-corrected chi connectivity index (χ3v) is 3.51. The van der Waals surface area contributed by atoms with Crippen molar-refractivity contribution in [1.29, 1.82) is 0 Å². The number of carboxylic acid groups (broad SMARTS) is 3. The first-order valence-corrected chi connectivity index (χ1v) is 7.77. The van der Waals surface area contributed by atoms with E-state index in [1.165, 1.54) is 6.07 Å². The van der Waals surface area contributed by atoms with Gasteiger partial charge in [-0.05, 0) is 18.6 Å². The molecule has 1 amide bonds. The number of aliphatic carboxylic acids is 3. The second-order valence-corrected chi connectivity index (χ2v) is 5.50. The van der Waals surface area contributed by atoms with E-state index < -0.39 is 42.9 Å². The van der Waals surface area contributed by atoms with Crippen LogP contribution in [-0.4, -0.2) is 56.8 Å². The molecular weight excluding hydrogens is 360 g/mol. The van der Waals surface area contributed by atoms with Crippen LogP contribution in [-0.2, 0) is 14.4 Å². The maximum absolute atomic E-state index is 12.4. The van der Waals surface area contributed by atoms with Crippen molar-refractivity contribution in [2.24, 2.45) is 0 Å². The van der Waals surface area contributed by atoms with E-state index in [0.29, 0.717) is 10.9 Å². The number of aromatic nitrogens is 1. The Hall–Kier alpha value is -3.69. The highest BCUT2D eigenvalue weighted by atomic mass is 16.5. The number of hydrogen-bond donors (Lipinski definition) is 4. The molecule has 1 heterocycles. The molecule has 142 valence electrons. The number of pyridine rings is 1. The lowest BCUT2D eigenvalue weighted by Gasteiger charge is -2.14. The molecule has 1 aromatic carbocycles. The molecule has 27 heavy (non-hydrogen) atoms. The van der Waals surface area contributed by atoms with Crippen molar-refractivity contribution >= 4 is 34.7 Å². The van der Waals surface area contributed by atoms with Gasteiger partial charge in [0.25, 0.3) is 5.91 Å². The Morgan fingerprint density at radius 2 is 1.78 bits per heavy atom. The normalized spacial score (nSPS) is 11.6. The van der Waals surface area contributed by atoms with Crippen LogP contribution in [0.25, 0.3) is 10.9 Å². The molecule has 0 saturated carbocycles. The Morgan fingerprint density at radius 3 is 2.41 bits per heavy atom. The number of rotatable bonds is 9. The molecular formula is C17H16N2O8. The lowest BCUT2D eigenvalue weighted by Crippen LogP contribution is -2.41. The van der Waals surface area contributed by atoms with E-state index in [1.54, 1.807) is 24.3 Å². The number of amides is 1. The van der Waals surface area contributed by atoms with Crippen LogP contribution in [0, 0.1) is 0 Å². The van der Waals surface area contributed by atoms with E-state index in [-0.39, 0.29) is 17.9 Å². The van der Waals surface area contributed by atoms with Crippen LogP contribution >= 0.6 is 0 Å². The number of hydrogen-bond acceptors (Lipinski definition) is 6. The molecule has 10 nitrogen and oxygen atoms in total. The van der Waals surface area contributed by atoms with Crippen LogP contribution in [0.2, 0.25) is 0 Å². The van der Waals surface area contributed by atoms with Crippen LogP contribution < -0.4 is 10.1 Å². The fourth-order valence-corrected chi connectivity index (χ4v) is 2.28. The van der Waals surface area contributed by atoms with Crippen molar-refractivity contribution in [1.82, 2.24) is 10.3 Å². The Bertz CT molecular complexity index is 896. The standard InChI is InChI=1S/C17H16N2O8/c20-14(21)6-5-11(17(25)26)19-16(24)12-7-13(27-8-15(22)23)9-3-1-2-4-10(9)18-12/h1-4,7,11H,5-6,8H2,(H,19,24)(H,20,21)(H,22,23)(H,25,26). The van der Waals surface area contributed by atoms with Gasteiger partial charge in [-0.1, -0.05) is 12.1 Å². The average molecular weight is 376 g/mol. The highest BCUT2D eigenvalue weighted by Gasteiger charge is 2.23. The van der Waals surface area contributed by atoms with Gasteiger partial charge in [0.2, 0.25) is 0 Å². The zero-order chi connectivity index (χ0) is 20.0. The Balaban J connectivity index is 2.30. The average Bonchev–Trinajstić information content (AvgIpc) is 2.62. The van der Waals surface area contributed by atoms with Crippen molar-refractivity contribution in [3.05, 3.63) is 36.0 Å². The van der Waals surface area contributed by atoms with Crippen LogP contribution in [0.15, 0.2) is 30.3 Å². The summed E-state index contributed by atoms with van der Waals surface area (Å²) in [6, 6.07) is 6.35. The summed E-state index contributed by atoms with van der Waals surface area (Å²) in [7, 11) is 0. The minimum Gasteiger partial charge on any atom is -0.481 e. The SMILES string of the molecule is O=C(O)CCC(NC(=O)c1cc(OCC(=O)O)c2ccccc2n1)C(=O)O. The molecule has 1 atom stereocenters. The van der Waals surface area contributed by atoms with Gasteiger partial charge in [0.05, 0.1) is 5.52 Å². The highest BCUT2D eigenvalue weighted by molar-refractivity contribution is 5.98. The van der Waals surface area contributed by atoms with E-state index >= 15 is 0 Å². The van der Waals surface area contributed by atoms with E-state index in [0.717, 1.165) is 0 Å². The molecule has 1 aromatic heterocycles. The van der Waals surface area contributed by atoms with Gasteiger partial charge in [-0.25, -0.2) is 14.6 Å². The van der Waals surface area contributed by atoms with Crippen molar-refractivity contribution < 1.29 is 39.2 Å². The van der Waals surface area contributed by atoms with Crippen molar-refractivity contribution in [2.75, 3.05) is 6.61 Å². The zero-order valence-corrected chi connectivity index (χ0v) is 13.9. The first kappa shape index (κ1) is 19.6. The van der Waals surface area contributed by atoms with Gasteiger partial charge in [-0.3, -0.25) is 9.59 Å². The smallest absolute Gasteiger partial charge is 0.341 e. The van der Waals surface area contributed by atoms with Crippen molar-refractivity contribution in [2.45, 2.75) is 18.9 Å². The third-order valence-electron chi connectivity index (χ3n) is 3.51. The molecule has 0 aliphatic carbocycles. The summed E-state index contributed by atoms with van der Waals surface area (Å²) in [6.07, 6.45) is -0.734. The lowest BCUT2D eigenvalue weighted by molar-refractivity contribution is -0.141. The van der Waals surface area contributed by atoms with Gasteiger partial charge in [-0.15, -0.1) is 0 Å². The molecule has 2 rings (SSSR count). The Morgan fingerprint density at radius 1 is 1.07 bits per heavy atom. The minimum atomic E-state index is -1.41. The number of para-hydroxylation sites is 1. The summed E-state index contributed by atoms with van der Waals surface area (Å²) < 4.78 is 5.19. The number of carbonyl (C=O) groups is 4. The molecule has 0 radical (unpaired) electrons. The number of fused-ring (bicyclic) bond motifs is 1. The van der Waals surface area contributed by atoms with E-state index in [4.69, 9.17) is 20.1 Å². The molecule has 0 bridgehead atoms. The monoisotopic (exact) mass is 376 g/mol. The molecule has 0 spiro atoms. The van der Waals surface area contributed by atoms with Crippen molar-refractivity contribution in [3.63, 3.8) is 0 Å². The lowest BCUT2D eigenvalue weighted by atomic mass is 10.1. The second kappa shape index (κ2) is 8.61. The molecule has 0 aliphatic heterocycles. The summed E-state index contributed by atoms with van der Waals surface area (Å²) in [5.41, 5.74) is 0.165. The predicted octanol–water partition coefficient (Wildman–Crippen LogP) is 0.746. The molecule has 0 fully saturated rings. The number of nitrogens with one attached hydrogen (secondary N) is 1. The number of ether oxygens (including phenoxy) is 1. The van der Waals surface area contributed by atoms with Gasteiger partial charge in [-0.2, -0.15) is 0 Å². The van der Waals surface area contributed by atoms with E-state index in [9.17, 15) is 19.2 Å². The van der Waals surface area contributed by atoms with Gasteiger partial charge in [0, 0.05) is 17.9 Å². The number of benzene rings is 1. The molecule has 2 aromatic rings. The van der Waals surface area contributed by atoms with Gasteiger partial charge in [0.1, 0.15) is 17.5 Å². The molecule has 1 unspecified atom stereocenters. The summed E-state index contributed by atoms with van der Waals surface area (Å²) >= 11 is 0. The maximum Gasteiger partial charge on any atom is 0.341 e. The summed E-state index contributed by atoms with van der Waals surface area (Å²) in [4.78, 5) is 49.1. The van der Waals surface area contributed by atoms with Crippen LogP contribution in [0.5, 0.6) is 5.75 Å². The number of carbonyl (C=O) groups excluding carboxylic acids is 1. The van der Waals surface area contributed by atoms with Gasteiger partial charge < -0.3 is 25.4 Å². The fourth-order valence-electron chi connectivity index (χ4n) is 2.28. The first-order valence-electron chi connectivity index (χ1n) is 7.77. The number of carboxylic acids is 3.